The third kappa shape index (κ3) is 8.65. The molecule has 0 unspecified atom stereocenters. The largest absolute Gasteiger partial charge is 0.374 e. The number of nitrogens with one attached hydrogen (secondary N) is 2. The number of thioether (sulfide) groups is 1. The van der Waals surface area contributed by atoms with Crippen LogP contribution in [0.25, 0.3) is 22.0 Å². The molecule has 2 N–H and O–H groups in total. The molecule has 0 amide bonds. The number of hydrogen-bond acceptors (Lipinski definition) is 10. The van der Waals surface area contributed by atoms with Crippen molar-refractivity contribution in [2.24, 2.45) is 0 Å². The molecule has 1 fully saturated rings. The van der Waals surface area contributed by atoms with E-state index in [0.29, 0.717) is 16.7 Å². The Hall–Kier alpha value is -5.50. The lowest BCUT2D eigenvalue weighted by Crippen LogP contribution is -2.46. The molecule has 0 atom stereocenters. The minimum Gasteiger partial charge on any atom is -0.374 e. The predicted octanol–water partition coefficient (Wildman–Crippen LogP) is 8.31. The Morgan fingerprint density at radius 1 is 0.833 bits per heavy atom. The zero-order chi connectivity index (χ0) is 37.7. The highest BCUT2D eigenvalue weighted by atomic mass is 32.2. The molecule has 13 heteroatoms. The van der Waals surface area contributed by atoms with Crippen LogP contribution in [-0.4, -0.2) is 65.7 Å². The fraction of sp³-hybridized carbons (Fsp3) is 0.220. The fourth-order valence-electron chi connectivity index (χ4n) is 6.59. The molecule has 2 heterocycles. The Morgan fingerprint density at radius 3 is 2.28 bits per heavy atom. The second kappa shape index (κ2) is 15.8. The van der Waals surface area contributed by atoms with E-state index in [1.807, 2.05) is 68.4 Å². The number of aromatic nitrogens is 2. The van der Waals surface area contributed by atoms with Crippen LogP contribution >= 0.6 is 11.8 Å². The van der Waals surface area contributed by atoms with E-state index >= 15 is 0 Å². The number of hydrogen-bond donors (Lipinski definition) is 2. The molecule has 7 rings (SSSR count). The van der Waals surface area contributed by atoms with Crippen LogP contribution in [0.5, 0.6) is 0 Å². The highest BCUT2D eigenvalue weighted by Gasteiger charge is 2.27. The molecule has 54 heavy (non-hydrogen) atoms. The SMILES string of the molecule is CC(C)(CSc1ccccc1)Nc1ccc(S(=O)(=O)Nc2ncnc3cc(N4CCN(Cc5ccccc5-c5ccccc5)CC4)ccc23)cc1[N+](=O)[O-]. The van der Waals surface area contributed by atoms with Crippen LogP contribution in [-0.2, 0) is 16.6 Å². The van der Waals surface area contributed by atoms with Crippen molar-refractivity contribution in [3.63, 3.8) is 0 Å². The summed E-state index contributed by atoms with van der Waals surface area (Å²) in [5.74, 6) is 0.718. The summed E-state index contributed by atoms with van der Waals surface area (Å²) in [6.45, 7) is 8.19. The van der Waals surface area contributed by atoms with Crippen molar-refractivity contribution < 1.29 is 13.3 Å². The van der Waals surface area contributed by atoms with E-state index in [9.17, 15) is 18.5 Å². The molecule has 11 nitrogen and oxygen atoms in total. The maximum atomic E-state index is 13.6. The van der Waals surface area contributed by atoms with Crippen molar-refractivity contribution in [3.8, 4) is 11.1 Å². The van der Waals surface area contributed by atoms with Gasteiger partial charge in [0.1, 0.15) is 12.0 Å². The zero-order valence-electron chi connectivity index (χ0n) is 30.1. The molecule has 0 radical (unpaired) electrons. The second-order valence-electron chi connectivity index (χ2n) is 13.9. The van der Waals surface area contributed by atoms with E-state index in [2.05, 4.69) is 78.3 Å². The standard InChI is InChI=1S/C41H41N7O4S2/c1-41(2,28-53-33-14-7-4-8-15-33)44-37-20-18-34(26-39(37)48(49)50)54(51,52)45-40-36-19-17-32(25-38(36)42-29-43-40)47-23-21-46(22-24-47)27-31-13-9-10-16-35(31)30-11-5-3-6-12-30/h3-20,25-26,29,44H,21-24,27-28H2,1-2H3,(H,42,43,45). The van der Waals surface area contributed by atoms with Crippen LogP contribution in [0.4, 0.5) is 22.9 Å². The summed E-state index contributed by atoms with van der Waals surface area (Å²) in [5.41, 5.74) is 4.70. The topological polar surface area (TPSA) is 134 Å². The first-order valence-electron chi connectivity index (χ1n) is 17.7. The smallest absolute Gasteiger partial charge is 0.293 e. The van der Waals surface area contributed by atoms with E-state index < -0.39 is 20.5 Å². The molecular formula is C41H41N7O4S2. The van der Waals surface area contributed by atoms with E-state index in [1.165, 1.54) is 35.2 Å². The summed E-state index contributed by atoms with van der Waals surface area (Å²) in [4.78, 5) is 25.9. The lowest BCUT2D eigenvalue weighted by atomic mass is 9.99. The third-order valence-corrected chi connectivity index (χ3v) is 12.2. The van der Waals surface area contributed by atoms with Gasteiger partial charge in [-0.3, -0.25) is 19.7 Å². The molecule has 6 aromatic rings. The van der Waals surface area contributed by atoms with Gasteiger partial charge in [0.05, 0.1) is 15.3 Å². The first-order valence-corrected chi connectivity index (χ1v) is 20.1. The molecule has 0 saturated carbocycles. The average molecular weight is 760 g/mol. The molecule has 0 aliphatic carbocycles. The average Bonchev–Trinajstić information content (AvgIpc) is 3.18. The number of anilines is 3. The van der Waals surface area contributed by atoms with Crippen molar-refractivity contribution in [3.05, 3.63) is 143 Å². The molecule has 0 spiro atoms. The first-order chi connectivity index (χ1) is 26.0. The normalized spacial score (nSPS) is 13.9. The molecule has 1 aliphatic rings. The predicted molar refractivity (Wildman–Crippen MR) is 218 cm³/mol. The van der Waals surface area contributed by atoms with E-state index in [-0.39, 0.29) is 22.1 Å². The number of fused-ring (bicyclic) bond motifs is 1. The van der Waals surface area contributed by atoms with E-state index in [1.54, 1.807) is 11.8 Å². The van der Waals surface area contributed by atoms with Gasteiger partial charge in [0.25, 0.3) is 15.7 Å². The number of nitro groups is 1. The highest BCUT2D eigenvalue weighted by molar-refractivity contribution is 7.99. The van der Waals surface area contributed by atoms with Crippen LogP contribution in [0.2, 0.25) is 0 Å². The summed E-state index contributed by atoms with van der Waals surface area (Å²) in [5, 5.41) is 15.9. The molecule has 1 aromatic heterocycles. The molecular weight excluding hydrogens is 719 g/mol. The van der Waals surface area contributed by atoms with Crippen molar-refractivity contribution in [1.82, 2.24) is 14.9 Å². The quantitative estimate of drug-likeness (QED) is 0.0673. The van der Waals surface area contributed by atoms with Gasteiger partial charge in [-0.05, 0) is 73.0 Å². The van der Waals surface area contributed by atoms with Gasteiger partial charge < -0.3 is 10.2 Å². The Kier molecular flexibility index (Phi) is 10.8. The zero-order valence-corrected chi connectivity index (χ0v) is 31.7. The van der Waals surface area contributed by atoms with Crippen molar-refractivity contribution >= 4 is 55.6 Å². The van der Waals surface area contributed by atoms with Crippen molar-refractivity contribution in [2.75, 3.05) is 46.9 Å². The maximum absolute atomic E-state index is 13.6. The Morgan fingerprint density at radius 2 is 1.54 bits per heavy atom. The molecule has 1 saturated heterocycles. The number of sulfonamides is 1. The minimum atomic E-state index is -4.24. The van der Waals surface area contributed by atoms with Crippen LogP contribution in [0, 0.1) is 10.1 Å². The van der Waals surface area contributed by atoms with E-state index in [0.717, 1.165) is 49.4 Å². The maximum Gasteiger partial charge on any atom is 0.293 e. The summed E-state index contributed by atoms with van der Waals surface area (Å²) in [6, 6.07) is 38.5. The summed E-state index contributed by atoms with van der Waals surface area (Å²) < 4.78 is 29.8. The number of nitrogens with zero attached hydrogens (tertiary/aromatic N) is 5. The second-order valence-corrected chi connectivity index (χ2v) is 16.6. The summed E-state index contributed by atoms with van der Waals surface area (Å²) >= 11 is 1.62. The van der Waals surface area contributed by atoms with Crippen molar-refractivity contribution in [1.29, 1.82) is 0 Å². The van der Waals surface area contributed by atoms with Gasteiger partial charge in [-0.15, -0.1) is 11.8 Å². The van der Waals surface area contributed by atoms with Crippen LogP contribution < -0.4 is 14.9 Å². The van der Waals surface area contributed by atoms with Gasteiger partial charge in [0, 0.05) is 66.1 Å². The highest BCUT2D eigenvalue weighted by Crippen LogP contribution is 2.34. The third-order valence-electron chi connectivity index (χ3n) is 9.38. The van der Waals surface area contributed by atoms with Crippen molar-refractivity contribution in [2.45, 2.75) is 35.7 Å². The summed E-state index contributed by atoms with van der Waals surface area (Å²) in [7, 11) is -4.24. The monoisotopic (exact) mass is 759 g/mol. The number of nitro benzene ring substituents is 1. The van der Waals surface area contributed by atoms with Gasteiger partial charge in [0.15, 0.2) is 5.82 Å². The van der Waals surface area contributed by atoms with Crippen LogP contribution in [0.3, 0.4) is 0 Å². The first kappa shape index (κ1) is 36.8. The number of rotatable bonds is 13. The van der Waals surface area contributed by atoms with E-state index in [4.69, 9.17) is 0 Å². The summed E-state index contributed by atoms with van der Waals surface area (Å²) in [6.07, 6.45) is 1.32. The van der Waals surface area contributed by atoms with Gasteiger partial charge in [0.2, 0.25) is 0 Å². The molecule has 0 bridgehead atoms. The minimum absolute atomic E-state index is 0.0948. The lowest BCUT2D eigenvalue weighted by Gasteiger charge is -2.36. The van der Waals surface area contributed by atoms with Crippen LogP contribution in [0.15, 0.2) is 137 Å². The fourth-order valence-corrected chi connectivity index (χ4v) is 8.59. The molecule has 276 valence electrons. The van der Waals surface area contributed by atoms with Gasteiger partial charge in [-0.2, -0.15) is 0 Å². The Labute approximate surface area is 319 Å². The van der Waals surface area contributed by atoms with Gasteiger partial charge >= 0.3 is 0 Å². The van der Waals surface area contributed by atoms with Gasteiger partial charge in [-0.1, -0.05) is 72.8 Å². The van der Waals surface area contributed by atoms with Gasteiger partial charge in [-0.25, -0.2) is 18.4 Å². The lowest BCUT2D eigenvalue weighted by molar-refractivity contribution is -0.384. The number of benzene rings is 5. The molecule has 1 aliphatic heterocycles. The molecule has 5 aromatic carbocycles. The number of piperazine rings is 1. The Bertz CT molecular complexity index is 2370. The Balaban J connectivity index is 1.02. The van der Waals surface area contributed by atoms with Crippen LogP contribution in [0.1, 0.15) is 19.4 Å².